The minimum Gasteiger partial charge on any atom is -0.356 e. The van der Waals surface area contributed by atoms with Gasteiger partial charge in [0.25, 0.3) is 5.91 Å². The molecule has 1 amide bonds. The van der Waals surface area contributed by atoms with Crippen LogP contribution in [0.2, 0.25) is 0 Å². The maximum atomic E-state index is 12.8. The second kappa shape index (κ2) is 6.36. The van der Waals surface area contributed by atoms with E-state index in [0.29, 0.717) is 0 Å². The minimum atomic E-state index is 0.112. The summed E-state index contributed by atoms with van der Waals surface area (Å²) in [5, 5.41) is 0.986. The number of benzene rings is 1. The predicted molar refractivity (Wildman–Crippen MR) is 94.4 cm³/mol. The highest BCUT2D eigenvalue weighted by atomic mass is 16.2. The van der Waals surface area contributed by atoms with Crippen LogP contribution in [0.15, 0.2) is 24.5 Å². The normalized spacial score (nSPS) is 19.2. The molecule has 24 heavy (non-hydrogen) atoms. The molecular weight excluding hydrogens is 302 g/mol. The van der Waals surface area contributed by atoms with Gasteiger partial charge >= 0.3 is 0 Å². The van der Waals surface area contributed by atoms with Crippen molar-refractivity contribution in [1.29, 1.82) is 0 Å². The highest BCUT2D eigenvalue weighted by Crippen LogP contribution is 2.27. The van der Waals surface area contributed by atoms with Crippen molar-refractivity contribution in [3.05, 3.63) is 30.1 Å². The van der Waals surface area contributed by atoms with Crippen molar-refractivity contribution in [2.75, 3.05) is 51.2 Å². The number of rotatable bonds is 2. The topological polar surface area (TPSA) is 52.6 Å². The average Bonchev–Trinajstić information content (AvgIpc) is 3.15. The molecule has 0 aliphatic carbocycles. The van der Waals surface area contributed by atoms with Crippen molar-refractivity contribution in [2.45, 2.75) is 12.8 Å². The number of aromatic nitrogens is 2. The van der Waals surface area contributed by atoms with Crippen LogP contribution >= 0.6 is 0 Å². The Labute approximate surface area is 142 Å². The Hall–Kier alpha value is -2.21. The Bertz CT molecular complexity index is 748. The molecular formula is C18H23N5O. The van der Waals surface area contributed by atoms with Gasteiger partial charge in [0.2, 0.25) is 0 Å². The van der Waals surface area contributed by atoms with E-state index in [1.807, 2.05) is 23.1 Å². The van der Waals surface area contributed by atoms with E-state index < -0.39 is 0 Å². The zero-order valence-electron chi connectivity index (χ0n) is 14.1. The molecule has 1 aromatic carbocycles. The summed E-state index contributed by atoms with van der Waals surface area (Å²) in [5.74, 6) is 1.08. The third-order valence-electron chi connectivity index (χ3n) is 5.06. The van der Waals surface area contributed by atoms with Gasteiger partial charge in [-0.2, -0.15) is 0 Å². The summed E-state index contributed by atoms with van der Waals surface area (Å²) in [5.41, 5.74) is 1.64. The van der Waals surface area contributed by atoms with Gasteiger partial charge in [0.05, 0.1) is 5.52 Å². The molecule has 6 heteroatoms. The van der Waals surface area contributed by atoms with Crippen LogP contribution in [0.5, 0.6) is 0 Å². The second-order valence-electron chi connectivity index (χ2n) is 6.72. The Morgan fingerprint density at radius 3 is 2.50 bits per heavy atom. The number of carbonyl (C=O) groups excluding carboxylic acids is 1. The Kier molecular flexibility index (Phi) is 4.06. The minimum absolute atomic E-state index is 0.112. The molecule has 0 N–H and O–H groups in total. The molecule has 2 saturated heterocycles. The quantitative estimate of drug-likeness (QED) is 0.840. The van der Waals surface area contributed by atoms with Crippen molar-refractivity contribution in [2.24, 2.45) is 0 Å². The SMILES string of the molecule is CN1CCN(C(=O)c2ccc3ncnc(N4CCCC4)c3c2)CC1. The highest BCUT2D eigenvalue weighted by Gasteiger charge is 2.22. The molecule has 3 heterocycles. The van der Waals surface area contributed by atoms with E-state index in [4.69, 9.17) is 0 Å². The van der Waals surface area contributed by atoms with Gasteiger partial charge in [0, 0.05) is 50.2 Å². The highest BCUT2D eigenvalue weighted by molar-refractivity contribution is 6.00. The molecule has 0 saturated carbocycles. The van der Waals surface area contributed by atoms with Crippen molar-refractivity contribution >= 4 is 22.6 Å². The average molecular weight is 325 g/mol. The van der Waals surface area contributed by atoms with Crippen molar-refractivity contribution in [3.63, 3.8) is 0 Å². The summed E-state index contributed by atoms with van der Waals surface area (Å²) in [7, 11) is 2.09. The number of hydrogen-bond acceptors (Lipinski definition) is 5. The fourth-order valence-corrected chi connectivity index (χ4v) is 3.55. The third kappa shape index (κ3) is 2.82. The van der Waals surface area contributed by atoms with Gasteiger partial charge in [0.1, 0.15) is 12.1 Å². The first kappa shape index (κ1) is 15.3. The van der Waals surface area contributed by atoms with Crippen LogP contribution in [-0.2, 0) is 0 Å². The van der Waals surface area contributed by atoms with Gasteiger partial charge in [-0.25, -0.2) is 9.97 Å². The molecule has 0 bridgehead atoms. The van der Waals surface area contributed by atoms with E-state index in [2.05, 4.69) is 26.8 Å². The summed E-state index contributed by atoms with van der Waals surface area (Å²) in [6, 6.07) is 5.81. The molecule has 2 aliphatic heterocycles. The van der Waals surface area contributed by atoms with Crippen molar-refractivity contribution in [3.8, 4) is 0 Å². The standard InChI is InChI=1S/C18H23N5O/c1-21-8-10-23(11-9-21)18(24)14-4-5-16-15(12-14)17(20-13-19-16)22-6-2-3-7-22/h4-5,12-13H,2-3,6-11H2,1H3. The van der Waals surface area contributed by atoms with Gasteiger partial charge in [-0.1, -0.05) is 0 Å². The smallest absolute Gasteiger partial charge is 0.253 e. The van der Waals surface area contributed by atoms with Crippen LogP contribution in [0.3, 0.4) is 0 Å². The molecule has 0 spiro atoms. The van der Waals surface area contributed by atoms with Crippen LogP contribution in [0.4, 0.5) is 5.82 Å². The molecule has 0 atom stereocenters. The van der Waals surface area contributed by atoms with E-state index in [1.165, 1.54) is 12.8 Å². The monoisotopic (exact) mass is 325 g/mol. The lowest BCUT2D eigenvalue weighted by Crippen LogP contribution is -2.47. The fourth-order valence-electron chi connectivity index (χ4n) is 3.55. The maximum absolute atomic E-state index is 12.8. The van der Waals surface area contributed by atoms with E-state index >= 15 is 0 Å². The molecule has 4 rings (SSSR count). The second-order valence-corrected chi connectivity index (χ2v) is 6.72. The number of amides is 1. The number of nitrogens with zero attached hydrogens (tertiary/aromatic N) is 5. The van der Waals surface area contributed by atoms with Crippen LogP contribution in [0.25, 0.3) is 10.9 Å². The Morgan fingerprint density at radius 2 is 1.75 bits per heavy atom. The number of likely N-dealkylation sites (N-methyl/N-ethyl adjacent to an activating group) is 1. The summed E-state index contributed by atoms with van der Waals surface area (Å²) < 4.78 is 0. The zero-order valence-corrected chi connectivity index (χ0v) is 14.1. The van der Waals surface area contributed by atoms with Gasteiger partial charge in [-0.15, -0.1) is 0 Å². The van der Waals surface area contributed by atoms with Crippen LogP contribution < -0.4 is 4.90 Å². The lowest BCUT2D eigenvalue weighted by Gasteiger charge is -2.32. The number of fused-ring (bicyclic) bond motifs is 1. The van der Waals surface area contributed by atoms with Crippen LogP contribution in [-0.4, -0.2) is 72.0 Å². The van der Waals surface area contributed by atoms with Crippen LogP contribution in [0, 0.1) is 0 Å². The van der Waals surface area contributed by atoms with Gasteiger partial charge in [-0.05, 0) is 38.1 Å². The Balaban J connectivity index is 1.66. The summed E-state index contributed by atoms with van der Waals surface area (Å²) in [4.78, 5) is 28.2. The van der Waals surface area contributed by atoms with E-state index in [-0.39, 0.29) is 5.91 Å². The zero-order chi connectivity index (χ0) is 16.5. The predicted octanol–water partition coefficient (Wildman–Crippen LogP) is 1.62. The molecule has 2 fully saturated rings. The largest absolute Gasteiger partial charge is 0.356 e. The van der Waals surface area contributed by atoms with Crippen LogP contribution in [0.1, 0.15) is 23.2 Å². The molecule has 0 unspecified atom stereocenters. The van der Waals surface area contributed by atoms with E-state index in [0.717, 1.165) is 61.6 Å². The molecule has 2 aliphatic rings. The number of piperazine rings is 1. The number of hydrogen-bond donors (Lipinski definition) is 0. The number of carbonyl (C=O) groups is 1. The first-order valence-electron chi connectivity index (χ1n) is 8.70. The first-order chi connectivity index (χ1) is 11.7. The first-order valence-corrected chi connectivity index (χ1v) is 8.70. The molecule has 0 radical (unpaired) electrons. The number of anilines is 1. The lowest BCUT2D eigenvalue weighted by molar-refractivity contribution is 0.0664. The fraction of sp³-hybridized carbons (Fsp3) is 0.500. The summed E-state index contributed by atoms with van der Waals surface area (Å²) in [6.45, 7) is 5.50. The van der Waals surface area contributed by atoms with E-state index in [1.54, 1.807) is 6.33 Å². The van der Waals surface area contributed by atoms with Crippen molar-refractivity contribution in [1.82, 2.24) is 19.8 Å². The van der Waals surface area contributed by atoms with Gasteiger partial charge < -0.3 is 14.7 Å². The third-order valence-corrected chi connectivity index (χ3v) is 5.06. The maximum Gasteiger partial charge on any atom is 0.253 e. The molecule has 1 aromatic heterocycles. The Morgan fingerprint density at radius 1 is 1.00 bits per heavy atom. The molecule has 126 valence electrons. The van der Waals surface area contributed by atoms with Gasteiger partial charge in [0.15, 0.2) is 0 Å². The molecule has 6 nitrogen and oxygen atoms in total. The van der Waals surface area contributed by atoms with Gasteiger partial charge in [-0.3, -0.25) is 4.79 Å². The lowest BCUT2D eigenvalue weighted by atomic mass is 10.1. The summed E-state index contributed by atoms with van der Waals surface area (Å²) >= 11 is 0. The van der Waals surface area contributed by atoms with E-state index in [9.17, 15) is 4.79 Å². The molecule has 2 aromatic rings. The van der Waals surface area contributed by atoms with Crippen molar-refractivity contribution < 1.29 is 4.79 Å². The summed E-state index contributed by atoms with van der Waals surface area (Å²) in [6.07, 6.45) is 4.02.